The molecule has 2 N–H and O–H groups in total. The smallest absolute Gasteiger partial charge is 0.267 e. The summed E-state index contributed by atoms with van der Waals surface area (Å²) in [5.41, 5.74) is 8.28. The van der Waals surface area contributed by atoms with E-state index in [1.165, 1.54) is 11.5 Å². The highest BCUT2D eigenvalue weighted by molar-refractivity contribution is 7.07. The van der Waals surface area contributed by atoms with Crippen molar-refractivity contribution < 1.29 is 4.79 Å². The number of nitrogens with two attached hydrogens (primary N) is 1. The summed E-state index contributed by atoms with van der Waals surface area (Å²) in [5, 5.41) is 4.02. The highest BCUT2D eigenvalue weighted by Crippen LogP contribution is 2.17. The van der Waals surface area contributed by atoms with Gasteiger partial charge < -0.3 is 10.6 Å². The summed E-state index contributed by atoms with van der Waals surface area (Å²) in [7, 11) is 0. The Morgan fingerprint density at radius 3 is 2.62 bits per heavy atom. The Morgan fingerprint density at radius 1 is 1.29 bits per heavy atom. The maximum Gasteiger partial charge on any atom is 0.267 e. The lowest BCUT2D eigenvalue weighted by Crippen LogP contribution is -2.31. The number of anilines is 1. The predicted molar refractivity (Wildman–Crippen MR) is 85.2 cm³/mol. The summed E-state index contributed by atoms with van der Waals surface area (Å²) >= 11 is 1.18. The van der Waals surface area contributed by atoms with Gasteiger partial charge in [-0.15, -0.1) is 5.10 Å². The molecule has 0 radical (unpaired) electrons. The normalized spacial score (nSPS) is 10.6. The molecule has 6 heteroatoms. The van der Waals surface area contributed by atoms with Crippen molar-refractivity contribution >= 4 is 23.1 Å². The average molecular weight is 304 g/mol. The molecule has 112 valence electrons. The van der Waals surface area contributed by atoms with Crippen LogP contribution >= 0.6 is 11.5 Å². The Bertz CT molecular complexity index is 594. The van der Waals surface area contributed by atoms with E-state index in [-0.39, 0.29) is 5.91 Å². The Labute approximate surface area is 128 Å². The Hall–Kier alpha value is -1.95. The van der Waals surface area contributed by atoms with Crippen LogP contribution in [0.5, 0.6) is 0 Å². The quantitative estimate of drug-likeness (QED) is 0.833. The van der Waals surface area contributed by atoms with Crippen LogP contribution in [-0.2, 0) is 13.0 Å². The largest absolute Gasteiger partial charge is 0.399 e. The zero-order valence-corrected chi connectivity index (χ0v) is 13.2. The second-order valence-corrected chi connectivity index (χ2v) is 5.62. The molecule has 1 aromatic heterocycles. The van der Waals surface area contributed by atoms with Gasteiger partial charge in [0.2, 0.25) is 0 Å². The van der Waals surface area contributed by atoms with Crippen molar-refractivity contribution in [1.29, 1.82) is 0 Å². The van der Waals surface area contributed by atoms with Crippen LogP contribution in [0, 0.1) is 0 Å². The van der Waals surface area contributed by atoms with E-state index in [1.54, 1.807) is 0 Å². The first-order chi connectivity index (χ1) is 10.2. The summed E-state index contributed by atoms with van der Waals surface area (Å²) in [6, 6.07) is 7.62. The molecule has 1 aromatic carbocycles. The number of nitrogen functional groups attached to an aromatic ring is 1. The third-order valence-corrected chi connectivity index (χ3v) is 3.97. The molecular formula is C15H20N4OS. The van der Waals surface area contributed by atoms with Crippen LogP contribution in [0.3, 0.4) is 0 Å². The van der Waals surface area contributed by atoms with Gasteiger partial charge in [0.05, 0.1) is 5.69 Å². The van der Waals surface area contributed by atoms with E-state index in [0.29, 0.717) is 18.0 Å². The lowest BCUT2D eigenvalue weighted by molar-refractivity contribution is 0.0747. The van der Waals surface area contributed by atoms with Gasteiger partial charge in [-0.2, -0.15) is 0 Å². The second kappa shape index (κ2) is 7.17. The fourth-order valence-electron chi connectivity index (χ4n) is 2.11. The van der Waals surface area contributed by atoms with Gasteiger partial charge in [0, 0.05) is 18.8 Å². The number of carbonyl (C=O) groups excluding carboxylic acids is 1. The number of carbonyl (C=O) groups is 1. The highest BCUT2D eigenvalue weighted by Gasteiger charge is 2.21. The van der Waals surface area contributed by atoms with E-state index >= 15 is 0 Å². The van der Waals surface area contributed by atoms with Gasteiger partial charge in [0.15, 0.2) is 0 Å². The second-order valence-electron chi connectivity index (χ2n) is 4.87. The first kappa shape index (κ1) is 15.4. The van der Waals surface area contributed by atoms with Crippen LogP contribution in [0.1, 0.15) is 41.2 Å². The molecule has 0 saturated heterocycles. The first-order valence-corrected chi connectivity index (χ1v) is 7.88. The zero-order chi connectivity index (χ0) is 15.2. The molecule has 0 saturated carbocycles. The standard InChI is InChI=1S/C15H20N4OS/c1-3-9-19(10-11-5-7-12(16)8-6-11)15(20)14-13(4-2)17-18-21-14/h5-8H,3-4,9-10,16H2,1-2H3. The minimum absolute atomic E-state index is 0.0144. The molecule has 0 aliphatic carbocycles. The van der Waals surface area contributed by atoms with Crippen molar-refractivity contribution in [1.82, 2.24) is 14.5 Å². The molecule has 0 spiro atoms. The van der Waals surface area contributed by atoms with Crippen molar-refractivity contribution in [3.63, 3.8) is 0 Å². The lowest BCUT2D eigenvalue weighted by Gasteiger charge is -2.21. The molecule has 0 aliphatic rings. The van der Waals surface area contributed by atoms with Crippen LogP contribution in [0.4, 0.5) is 5.69 Å². The summed E-state index contributed by atoms with van der Waals surface area (Å²) in [5.74, 6) is 0.0144. The molecule has 1 heterocycles. The topological polar surface area (TPSA) is 72.1 Å². The number of nitrogens with zero attached hydrogens (tertiary/aromatic N) is 3. The Balaban J connectivity index is 2.18. The molecule has 1 amide bonds. The molecule has 0 fully saturated rings. The predicted octanol–water partition coefficient (Wildman–Crippen LogP) is 2.74. The number of amides is 1. The zero-order valence-electron chi connectivity index (χ0n) is 12.4. The molecule has 0 aliphatic heterocycles. The SMILES string of the molecule is CCCN(Cc1ccc(N)cc1)C(=O)c1snnc1CC. The van der Waals surface area contributed by atoms with Gasteiger partial charge in [-0.05, 0) is 42.1 Å². The number of hydrogen-bond acceptors (Lipinski definition) is 5. The summed E-state index contributed by atoms with van der Waals surface area (Å²) in [6.07, 6.45) is 1.63. The maximum atomic E-state index is 12.7. The van der Waals surface area contributed by atoms with Crippen LogP contribution in [0.2, 0.25) is 0 Å². The maximum absolute atomic E-state index is 12.7. The molecule has 0 bridgehead atoms. The molecule has 2 rings (SSSR count). The molecule has 0 atom stereocenters. The van der Waals surface area contributed by atoms with Gasteiger partial charge in [-0.1, -0.05) is 30.5 Å². The van der Waals surface area contributed by atoms with Gasteiger partial charge >= 0.3 is 0 Å². The van der Waals surface area contributed by atoms with Crippen molar-refractivity contribution in [2.24, 2.45) is 0 Å². The third-order valence-electron chi connectivity index (χ3n) is 3.22. The number of benzene rings is 1. The first-order valence-electron chi connectivity index (χ1n) is 7.10. The van der Waals surface area contributed by atoms with E-state index in [4.69, 9.17) is 5.73 Å². The van der Waals surface area contributed by atoms with Gasteiger partial charge in [-0.25, -0.2) is 0 Å². The Morgan fingerprint density at radius 2 is 2.00 bits per heavy atom. The third kappa shape index (κ3) is 3.78. The van der Waals surface area contributed by atoms with Crippen molar-refractivity contribution in [2.45, 2.75) is 33.2 Å². The van der Waals surface area contributed by atoms with E-state index in [2.05, 4.69) is 16.5 Å². The lowest BCUT2D eigenvalue weighted by atomic mass is 10.2. The van der Waals surface area contributed by atoms with Crippen molar-refractivity contribution in [3.8, 4) is 0 Å². The number of aromatic nitrogens is 2. The van der Waals surface area contributed by atoms with Crippen LogP contribution in [-0.4, -0.2) is 26.9 Å². The molecular weight excluding hydrogens is 284 g/mol. The van der Waals surface area contributed by atoms with Gasteiger partial charge in [0.1, 0.15) is 4.88 Å². The van der Waals surface area contributed by atoms with Crippen LogP contribution in [0.25, 0.3) is 0 Å². The fraction of sp³-hybridized carbons (Fsp3) is 0.400. The van der Waals surface area contributed by atoms with Gasteiger partial charge in [-0.3, -0.25) is 4.79 Å². The average Bonchev–Trinajstić information content (AvgIpc) is 2.96. The van der Waals surface area contributed by atoms with E-state index in [0.717, 1.165) is 29.8 Å². The van der Waals surface area contributed by atoms with E-state index < -0.39 is 0 Å². The van der Waals surface area contributed by atoms with Crippen molar-refractivity contribution in [3.05, 3.63) is 40.4 Å². The fourth-order valence-corrected chi connectivity index (χ4v) is 2.83. The minimum Gasteiger partial charge on any atom is -0.399 e. The summed E-state index contributed by atoms with van der Waals surface area (Å²) < 4.78 is 3.90. The Kier molecular flexibility index (Phi) is 5.27. The molecule has 5 nitrogen and oxygen atoms in total. The highest BCUT2D eigenvalue weighted by atomic mass is 32.1. The molecule has 21 heavy (non-hydrogen) atoms. The monoisotopic (exact) mass is 304 g/mol. The van der Waals surface area contributed by atoms with E-state index in [9.17, 15) is 4.79 Å². The van der Waals surface area contributed by atoms with Gasteiger partial charge in [0.25, 0.3) is 5.91 Å². The van der Waals surface area contributed by atoms with Crippen LogP contribution in [0.15, 0.2) is 24.3 Å². The summed E-state index contributed by atoms with van der Waals surface area (Å²) in [6.45, 7) is 5.34. The number of rotatable bonds is 6. The molecule has 0 unspecified atom stereocenters. The van der Waals surface area contributed by atoms with E-state index in [1.807, 2.05) is 36.1 Å². The number of hydrogen-bond donors (Lipinski definition) is 1. The van der Waals surface area contributed by atoms with Crippen molar-refractivity contribution in [2.75, 3.05) is 12.3 Å². The molecule has 2 aromatic rings. The minimum atomic E-state index is 0.0144. The number of aryl methyl sites for hydroxylation is 1. The summed E-state index contributed by atoms with van der Waals surface area (Å²) in [4.78, 5) is 15.2. The van der Waals surface area contributed by atoms with Crippen LogP contribution < -0.4 is 5.73 Å².